The molecule has 1 aliphatic rings. The maximum Gasteiger partial charge on any atom is 0.311 e. The molecule has 3 rings (SSSR count). The lowest BCUT2D eigenvalue weighted by Gasteiger charge is -2.14. The highest BCUT2D eigenvalue weighted by Gasteiger charge is 2.35. The average molecular weight is 414 g/mol. The van der Waals surface area contributed by atoms with Crippen molar-refractivity contribution in [1.82, 2.24) is 4.90 Å². The molecule has 2 aromatic rings. The van der Waals surface area contributed by atoms with E-state index < -0.39 is 27.5 Å². The maximum absolute atomic E-state index is 12.5. The average Bonchev–Trinajstić information content (AvgIpc) is 2.93. The van der Waals surface area contributed by atoms with Crippen molar-refractivity contribution in [2.24, 2.45) is 0 Å². The standard InChI is InChI=1S/C20H18N2O6S/c1-12-3-4-13(2)17(9-12)28-8-7-21-19(24)18(29-20(21)25)11-14-5-6-16(23)15(10-14)22(26)27/h3-6,9-11,23H,7-8H2,1-2H3/b18-11-. The van der Waals surface area contributed by atoms with Gasteiger partial charge in [0.15, 0.2) is 5.75 Å². The van der Waals surface area contributed by atoms with Gasteiger partial charge in [0.2, 0.25) is 0 Å². The largest absolute Gasteiger partial charge is 0.502 e. The molecule has 0 radical (unpaired) electrons. The number of thioether (sulfide) groups is 1. The van der Waals surface area contributed by atoms with Gasteiger partial charge in [-0.1, -0.05) is 18.2 Å². The summed E-state index contributed by atoms with van der Waals surface area (Å²) in [4.78, 5) is 36.2. The molecule has 1 fully saturated rings. The Morgan fingerprint density at radius 1 is 1.21 bits per heavy atom. The number of benzene rings is 2. The molecule has 0 aromatic heterocycles. The van der Waals surface area contributed by atoms with Crippen molar-refractivity contribution in [3.8, 4) is 11.5 Å². The van der Waals surface area contributed by atoms with Crippen LogP contribution in [-0.2, 0) is 4.79 Å². The second kappa shape index (κ2) is 8.36. The third-order valence-electron chi connectivity index (χ3n) is 4.28. The van der Waals surface area contributed by atoms with Crippen LogP contribution in [0.15, 0.2) is 41.3 Å². The number of hydrogen-bond donors (Lipinski definition) is 1. The Bertz CT molecular complexity index is 1030. The van der Waals surface area contributed by atoms with Crippen LogP contribution in [0.25, 0.3) is 6.08 Å². The first-order valence-electron chi connectivity index (χ1n) is 8.69. The van der Waals surface area contributed by atoms with Gasteiger partial charge in [-0.25, -0.2) is 0 Å². The van der Waals surface area contributed by atoms with Crippen molar-refractivity contribution >= 4 is 34.7 Å². The molecule has 0 saturated carbocycles. The van der Waals surface area contributed by atoms with Crippen molar-refractivity contribution in [2.75, 3.05) is 13.2 Å². The van der Waals surface area contributed by atoms with Gasteiger partial charge in [0.05, 0.1) is 16.4 Å². The first kappa shape index (κ1) is 20.4. The number of nitrogens with zero attached hydrogens (tertiary/aromatic N) is 2. The first-order chi connectivity index (χ1) is 13.8. The third-order valence-corrected chi connectivity index (χ3v) is 5.19. The SMILES string of the molecule is Cc1ccc(C)c(OCCN2C(=O)S/C(=C\c3ccc(O)c([N+](=O)[O-])c3)C2=O)c1. The monoisotopic (exact) mass is 414 g/mol. The van der Waals surface area contributed by atoms with Crippen molar-refractivity contribution in [3.63, 3.8) is 0 Å². The summed E-state index contributed by atoms with van der Waals surface area (Å²) in [5.74, 6) is -0.256. The molecule has 150 valence electrons. The molecular formula is C20H18N2O6S. The summed E-state index contributed by atoms with van der Waals surface area (Å²) in [6.45, 7) is 4.10. The molecule has 8 nitrogen and oxygen atoms in total. The van der Waals surface area contributed by atoms with Crippen LogP contribution in [0, 0.1) is 24.0 Å². The Balaban J connectivity index is 1.69. The second-order valence-corrected chi connectivity index (χ2v) is 7.45. The van der Waals surface area contributed by atoms with E-state index in [1.54, 1.807) is 0 Å². The summed E-state index contributed by atoms with van der Waals surface area (Å²) >= 11 is 0.758. The third kappa shape index (κ3) is 4.57. The van der Waals surface area contributed by atoms with E-state index in [0.717, 1.165) is 33.9 Å². The van der Waals surface area contributed by atoms with Crippen LogP contribution in [0.4, 0.5) is 10.5 Å². The Labute approximate surface area is 170 Å². The number of phenolic OH excluding ortho intramolecular Hbond substituents is 1. The Morgan fingerprint density at radius 3 is 2.69 bits per heavy atom. The highest BCUT2D eigenvalue weighted by Crippen LogP contribution is 2.34. The highest BCUT2D eigenvalue weighted by atomic mass is 32.2. The van der Waals surface area contributed by atoms with E-state index in [1.807, 2.05) is 32.0 Å². The van der Waals surface area contributed by atoms with Crippen molar-refractivity contribution in [3.05, 3.63) is 68.1 Å². The Kier molecular flexibility index (Phi) is 5.88. The zero-order chi connectivity index (χ0) is 21.1. The van der Waals surface area contributed by atoms with Crippen LogP contribution in [0.5, 0.6) is 11.5 Å². The lowest BCUT2D eigenvalue weighted by atomic mass is 10.1. The van der Waals surface area contributed by atoms with Crippen LogP contribution in [0.3, 0.4) is 0 Å². The fourth-order valence-electron chi connectivity index (χ4n) is 2.73. The topological polar surface area (TPSA) is 110 Å². The number of nitro benzene ring substituents is 1. The van der Waals surface area contributed by atoms with Crippen LogP contribution in [-0.4, -0.2) is 39.2 Å². The number of carbonyl (C=O) groups excluding carboxylic acids is 2. The molecule has 9 heteroatoms. The summed E-state index contributed by atoms with van der Waals surface area (Å²) in [5, 5.41) is 20.0. The van der Waals surface area contributed by atoms with Gasteiger partial charge in [0.25, 0.3) is 11.1 Å². The predicted octanol–water partition coefficient (Wildman–Crippen LogP) is 4.03. The number of aromatic hydroxyl groups is 1. The zero-order valence-corrected chi connectivity index (χ0v) is 16.6. The number of rotatable bonds is 6. The Morgan fingerprint density at radius 2 is 1.97 bits per heavy atom. The molecule has 0 aliphatic carbocycles. The number of imide groups is 1. The lowest BCUT2D eigenvalue weighted by molar-refractivity contribution is -0.385. The molecule has 1 N–H and O–H groups in total. The smallest absolute Gasteiger partial charge is 0.311 e. The quantitative estimate of drug-likeness (QED) is 0.432. The van der Waals surface area contributed by atoms with Gasteiger partial charge in [-0.15, -0.1) is 0 Å². The lowest BCUT2D eigenvalue weighted by Crippen LogP contribution is -2.32. The van der Waals surface area contributed by atoms with E-state index in [2.05, 4.69) is 0 Å². The number of nitro groups is 1. The molecule has 2 aromatic carbocycles. The molecule has 29 heavy (non-hydrogen) atoms. The van der Waals surface area contributed by atoms with Crippen LogP contribution in [0.1, 0.15) is 16.7 Å². The van der Waals surface area contributed by atoms with E-state index in [-0.39, 0.29) is 18.1 Å². The summed E-state index contributed by atoms with van der Waals surface area (Å²) < 4.78 is 5.71. The number of carbonyl (C=O) groups is 2. The molecule has 0 atom stereocenters. The van der Waals surface area contributed by atoms with Gasteiger partial charge in [0, 0.05) is 6.07 Å². The van der Waals surface area contributed by atoms with Crippen LogP contribution >= 0.6 is 11.8 Å². The van der Waals surface area contributed by atoms with E-state index in [1.165, 1.54) is 18.2 Å². The van der Waals surface area contributed by atoms with Gasteiger partial charge in [-0.05, 0) is 60.5 Å². The molecule has 0 bridgehead atoms. The van der Waals surface area contributed by atoms with Gasteiger partial charge in [-0.2, -0.15) is 0 Å². The van der Waals surface area contributed by atoms with Crippen molar-refractivity contribution < 1.29 is 24.4 Å². The molecule has 0 spiro atoms. The highest BCUT2D eigenvalue weighted by molar-refractivity contribution is 8.18. The predicted molar refractivity (Wildman–Crippen MR) is 109 cm³/mol. The van der Waals surface area contributed by atoms with Crippen LogP contribution < -0.4 is 4.74 Å². The zero-order valence-electron chi connectivity index (χ0n) is 15.7. The van der Waals surface area contributed by atoms with Crippen LogP contribution in [0.2, 0.25) is 0 Å². The number of aryl methyl sites for hydroxylation is 2. The van der Waals surface area contributed by atoms with E-state index in [0.29, 0.717) is 11.3 Å². The second-order valence-electron chi connectivity index (χ2n) is 6.46. The van der Waals surface area contributed by atoms with Gasteiger partial charge >= 0.3 is 5.69 Å². The summed E-state index contributed by atoms with van der Waals surface area (Å²) in [6, 6.07) is 9.54. The minimum absolute atomic E-state index is 0.0884. The molecule has 1 aliphatic heterocycles. The number of amides is 2. The summed E-state index contributed by atoms with van der Waals surface area (Å²) in [6.07, 6.45) is 1.39. The molecule has 2 amide bonds. The van der Waals surface area contributed by atoms with Crippen molar-refractivity contribution in [1.29, 1.82) is 0 Å². The van der Waals surface area contributed by atoms with Gasteiger partial charge in [0.1, 0.15) is 12.4 Å². The molecule has 0 unspecified atom stereocenters. The molecule has 1 heterocycles. The van der Waals surface area contributed by atoms with E-state index >= 15 is 0 Å². The minimum Gasteiger partial charge on any atom is -0.502 e. The van der Waals surface area contributed by atoms with Gasteiger partial charge in [-0.3, -0.25) is 24.6 Å². The fourth-order valence-corrected chi connectivity index (χ4v) is 3.60. The normalized spacial score (nSPS) is 15.2. The number of hydrogen-bond acceptors (Lipinski definition) is 7. The maximum atomic E-state index is 12.5. The van der Waals surface area contributed by atoms with Crippen molar-refractivity contribution in [2.45, 2.75) is 13.8 Å². The molecule has 1 saturated heterocycles. The molecular weight excluding hydrogens is 396 g/mol. The fraction of sp³-hybridized carbons (Fsp3) is 0.200. The Hall–Kier alpha value is -3.33. The number of phenols is 1. The van der Waals surface area contributed by atoms with Gasteiger partial charge < -0.3 is 9.84 Å². The minimum atomic E-state index is -0.719. The first-order valence-corrected chi connectivity index (χ1v) is 9.51. The number of ether oxygens (including phenoxy) is 1. The van der Waals surface area contributed by atoms with E-state index in [9.17, 15) is 24.8 Å². The van der Waals surface area contributed by atoms with E-state index in [4.69, 9.17) is 4.74 Å². The summed E-state index contributed by atoms with van der Waals surface area (Å²) in [5.41, 5.74) is 1.87. The summed E-state index contributed by atoms with van der Waals surface area (Å²) in [7, 11) is 0.